The fourth-order valence-electron chi connectivity index (χ4n) is 4.87. The van der Waals surface area contributed by atoms with Crippen LogP contribution in [0.15, 0.2) is 65.7 Å². The van der Waals surface area contributed by atoms with Crippen LogP contribution in [0.2, 0.25) is 0 Å². The number of aliphatic carboxylic acids is 1. The zero-order chi connectivity index (χ0) is 32.1. The van der Waals surface area contributed by atoms with Crippen molar-refractivity contribution in [2.45, 2.75) is 69.7 Å². The SMILES string of the molecule is CC(C)C[C@H](NC(=O)[C@@H](NC(=O)N[C@@H](Cc1ccccc1)C(=O)O)[C@@H]1CCN=C(N)N1)C(=O)N[C@H](C=O)Cc1ccccc1. The van der Waals surface area contributed by atoms with Gasteiger partial charge in [-0.1, -0.05) is 74.5 Å². The van der Waals surface area contributed by atoms with E-state index >= 15 is 0 Å². The fourth-order valence-corrected chi connectivity index (χ4v) is 4.87. The van der Waals surface area contributed by atoms with Crippen LogP contribution in [0, 0.1) is 5.92 Å². The van der Waals surface area contributed by atoms with Gasteiger partial charge < -0.3 is 42.2 Å². The normalized spacial score (nSPS) is 17.1. The van der Waals surface area contributed by atoms with Gasteiger partial charge in [-0.3, -0.25) is 14.6 Å². The largest absolute Gasteiger partial charge is 0.480 e. The smallest absolute Gasteiger partial charge is 0.326 e. The summed E-state index contributed by atoms with van der Waals surface area (Å²) in [6.45, 7) is 4.06. The van der Waals surface area contributed by atoms with Crippen molar-refractivity contribution in [2.24, 2.45) is 16.6 Å². The van der Waals surface area contributed by atoms with Crippen LogP contribution in [-0.4, -0.2) is 77.9 Å². The lowest BCUT2D eigenvalue weighted by Crippen LogP contribution is -2.64. The molecule has 2 aromatic rings. The van der Waals surface area contributed by atoms with E-state index in [-0.39, 0.29) is 31.1 Å². The minimum absolute atomic E-state index is 0.00513. The summed E-state index contributed by atoms with van der Waals surface area (Å²) in [7, 11) is 0. The predicted octanol–water partition coefficient (Wildman–Crippen LogP) is 0.484. The first kappa shape index (κ1) is 33.6. The van der Waals surface area contributed by atoms with Crippen molar-refractivity contribution in [1.29, 1.82) is 0 Å². The van der Waals surface area contributed by atoms with Crippen molar-refractivity contribution in [1.82, 2.24) is 26.6 Å². The summed E-state index contributed by atoms with van der Waals surface area (Å²) < 4.78 is 0. The van der Waals surface area contributed by atoms with Crippen LogP contribution in [0.5, 0.6) is 0 Å². The number of aldehydes is 1. The van der Waals surface area contributed by atoms with Crippen LogP contribution in [0.3, 0.4) is 0 Å². The molecule has 0 aromatic heterocycles. The lowest BCUT2D eigenvalue weighted by Gasteiger charge is -2.32. The van der Waals surface area contributed by atoms with Crippen molar-refractivity contribution >= 4 is 36.1 Å². The standard InChI is InChI=1S/C31H41N7O6/c1-19(2)15-24(27(40)34-22(18-39)16-20-9-5-3-6-10-20)35-28(41)26(23-13-14-33-30(32)36-23)38-31(44)37-25(29(42)43)17-21-11-7-4-8-12-21/h3-12,18-19,22-26H,13-17H2,1-2H3,(H,34,40)(H,35,41)(H,42,43)(H3,32,33,36)(H2,37,38,44)/t22-,23-,24-,25-,26-/m0/s1. The van der Waals surface area contributed by atoms with Gasteiger partial charge in [0, 0.05) is 13.0 Å². The Morgan fingerprint density at radius 1 is 0.909 bits per heavy atom. The molecule has 0 radical (unpaired) electrons. The first-order valence-electron chi connectivity index (χ1n) is 14.6. The van der Waals surface area contributed by atoms with Gasteiger partial charge in [-0.05, 0) is 36.3 Å². The molecule has 0 saturated carbocycles. The van der Waals surface area contributed by atoms with Gasteiger partial charge in [-0.15, -0.1) is 0 Å². The predicted molar refractivity (Wildman–Crippen MR) is 165 cm³/mol. The average Bonchev–Trinajstić information content (AvgIpc) is 2.99. The summed E-state index contributed by atoms with van der Waals surface area (Å²) in [5.74, 6) is -2.40. The average molecular weight is 608 g/mol. The first-order valence-corrected chi connectivity index (χ1v) is 14.6. The molecule has 5 atom stereocenters. The number of benzene rings is 2. The molecular formula is C31H41N7O6. The summed E-state index contributed by atoms with van der Waals surface area (Å²) in [5.41, 5.74) is 7.42. The molecule has 8 N–H and O–H groups in total. The van der Waals surface area contributed by atoms with Crippen LogP contribution in [0.1, 0.15) is 37.8 Å². The van der Waals surface area contributed by atoms with Crippen molar-refractivity contribution < 1.29 is 29.1 Å². The highest BCUT2D eigenvalue weighted by Crippen LogP contribution is 2.11. The molecule has 0 bridgehead atoms. The van der Waals surface area contributed by atoms with Gasteiger partial charge in [0.05, 0.1) is 12.1 Å². The fraction of sp³-hybridized carbons (Fsp3) is 0.419. The topological polar surface area (TPSA) is 204 Å². The van der Waals surface area contributed by atoms with Crippen molar-refractivity contribution in [3.63, 3.8) is 0 Å². The number of urea groups is 1. The van der Waals surface area contributed by atoms with Crippen LogP contribution in [-0.2, 0) is 32.0 Å². The van der Waals surface area contributed by atoms with Crippen LogP contribution in [0.4, 0.5) is 4.79 Å². The lowest BCUT2D eigenvalue weighted by molar-refractivity contribution is -0.139. The molecule has 0 saturated heterocycles. The summed E-state index contributed by atoms with van der Waals surface area (Å²) >= 11 is 0. The summed E-state index contributed by atoms with van der Waals surface area (Å²) in [5, 5.41) is 23.1. The third kappa shape index (κ3) is 10.7. The summed E-state index contributed by atoms with van der Waals surface area (Å²) in [6.07, 6.45) is 1.54. The van der Waals surface area contributed by atoms with E-state index in [1.807, 2.05) is 44.2 Å². The number of nitrogens with zero attached hydrogens (tertiary/aromatic N) is 1. The monoisotopic (exact) mass is 607 g/mol. The zero-order valence-electron chi connectivity index (χ0n) is 24.9. The third-order valence-electron chi connectivity index (χ3n) is 7.04. The van der Waals surface area contributed by atoms with Gasteiger partial charge in [0.15, 0.2) is 5.96 Å². The number of guanidine groups is 1. The van der Waals surface area contributed by atoms with Crippen LogP contribution < -0.4 is 32.3 Å². The van der Waals surface area contributed by atoms with E-state index in [0.717, 1.165) is 5.56 Å². The number of hydrogen-bond donors (Lipinski definition) is 7. The van der Waals surface area contributed by atoms with Gasteiger partial charge in [-0.25, -0.2) is 9.59 Å². The van der Waals surface area contributed by atoms with Gasteiger partial charge in [0.1, 0.15) is 24.4 Å². The molecule has 2 aromatic carbocycles. The Morgan fingerprint density at radius 3 is 2.07 bits per heavy atom. The second-order valence-electron chi connectivity index (χ2n) is 11.1. The maximum Gasteiger partial charge on any atom is 0.326 e. The highest BCUT2D eigenvalue weighted by Gasteiger charge is 2.35. The molecule has 1 aliphatic heterocycles. The Morgan fingerprint density at radius 2 is 1.52 bits per heavy atom. The molecule has 0 unspecified atom stereocenters. The summed E-state index contributed by atoms with van der Waals surface area (Å²) in [6, 6.07) is 12.1. The van der Waals surface area contributed by atoms with E-state index in [9.17, 15) is 29.1 Å². The number of carboxylic acids is 1. The summed E-state index contributed by atoms with van der Waals surface area (Å²) in [4.78, 5) is 67.9. The van der Waals surface area contributed by atoms with Crippen LogP contribution in [0.25, 0.3) is 0 Å². The van der Waals surface area contributed by atoms with E-state index < -0.39 is 54.0 Å². The molecular weight excluding hydrogens is 566 g/mol. The van der Waals surface area contributed by atoms with Gasteiger partial charge in [0.2, 0.25) is 11.8 Å². The number of nitrogens with two attached hydrogens (primary N) is 1. The number of carbonyl (C=O) groups is 5. The molecule has 0 spiro atoms. The van der Waals surface area contributed by atoms with E-state index in [2.05, 4.69) is 31.6 Å². The molecule has 13 nitrogen and oxygen atoms in total. The number of rotatable bonds is 15. The van der Waals surface area contributed by atoms with Gasteiger partial charge in [-0.2, -0.15) is 0 Å². The van der Waals surface area contributed by atoms with E-state index in [1.54, 1.807) is 30.3 Å². The Kier molecular flexibility index (Phi) is 12.7. The maximum atomic E-state index is 13.7. The molecule has 0 fully saturated rings. The minimum Gasteiger partial charge on any atom is -0.480 e. The highest BCUT2D eigenvalue weighted by molar-refractivity contribution is 5.94. The third-order valence-corrected chi connectivity index (χ3v) is 7.04. The number of hydrogen-bond acceptors (Lipinski definition) is 8. The molecule has 1 heterocycles. The lowest BCUT2D eigenvalue weighted by atomic mass is 9.99. The molecule has 0 aliphatic carbocycles. The molecule has 13 heteroatoms. The first-order chi connectivity index (χ1) is 21.0. The Bertz CT molecular complexity index is 1310. The maximum absolute atomic E-state index is 13.7. The van der Waals surface area contributed by atoms with Crippen molar-refractivity contribution in [3.8, 4) is 0 Å². The van der Waals surface area contributed by atoms with Gasteiger partial charge in [0.25, 0.3) is 0 Å². The Hall–Kier alpha value is -4.94. The van der Waals surface area contributed by atoms with E-state index in [0.29, 0.717) is 24.8 Å². The number of carboxylic acid groups (broad SMARTS) is 1. The van der Waals surface area contributed by atoms with Crippen molar-refractivity contribution in [2.75, 3.05) is 6.54 Å². The number of nitrogens with one attached hydrogen (secondary N) is 5. The molecule has 3 rings (SSSR count). The van der Waals surface area contributed by atoms with Crippen LogP contribution >= 0.6 is 0 Å². The Labute approximate surface area is 256 Å². The Balaban J connectivity index is 1.75. The van der Waals surface area contributed by atoms with Gasteiger partial charge >= 0.3 is 12.0 Å². The van der Waals surface area contributed by atoms with E-state index in [1.165, 1.54) is 0 Å². The number of aliphatic imine (C=N–C) groups is 1. The highest BCUT2D eigenvalue weighted by atomic mass is 16.4. The molecule has 44 heavy (non-hydrogen) atoms. The zero-order valence-corrected chi connectivity index (χ0v) is 24.9. The number of amides is 4. The minimum atomic E-state index is -1.27. The van der Waals surface area contributed by atoms with Crippen molar-refractivity contribution in [3.05, 3.63) is 71.8 Å². The number of carbonyl (C=O) groups excluding carboxylic acids is 4. The molecule has 236 valence electrons. The molecule has 1 aliphatic rings. The van der Waals surface area contributed by atoms with E-state index in [4.69, 9.17) is 5.73 Å². The second-order valence-corrected chi connectivity index (χ2v) is 11.1. The second kappa shape index (κ2) is 16.6. The quantitative estimate of drug-likeness (QED) is 0.142. The molecule has 4 amide bonds.